The fourth-order valence-corrected chi connectivity index (χ4v) is 7.76. The Morgan fingerprint density at radius 3 is 2.69 bits per heavy atom. The summed E-state index contributed by atoms with van der Waals surface area (Å²) in [6.07, 6.45) is -0.161. The summed E-state index contributed by atoms with van der Waals surface area (Å²) >= 11 is 4.08. The van der Waals surface area contributed by atoms with Crippen molar-refractivity contribution in [3.05, 3.63) is 81.4 Å². The average molecular weight is 624 g/mol. The van der Waals surface area contributed by atoms with E-state index in [0.717, 1.165) is 4.57 Å². The molecule has 2 aromatic heterocycles. The fourth-order valence-electron chi connectivity index (χ4n) is 4.79. The van der Waals surface area contributed by atoms with Crippen LogP contribution in [0.15, 0.2) is 74.4 Å². The molecule has 13 nitrogen and oxygen atoms in total. The number of aromatic nitrogens is 4. The van der Waals surface area contributed by atoms with Gasteiger partial charge in [0.2, 0.25) is 5.91 Å². The zero-order valence-corrected chi connectivity index (χ0v) is 23.9. The number of thioether (sulfide) groups is 2. The van der Waals surface area contributed by atoms with Crippen LogP contribution in [0.1, 0.15) is 5.56 Å². The summed E-state index contributed by atoms with van der Waals surface area (Å²) < 4.78 is 1.67. The standard InChI is InChI=1S/C26H21N7O6S3/c34-18(9-13-5-1-2-6-15(13)28-24(38)32-17-8-4-3-7-16(17)29-25(32)39)30-19-21(35)33-20(23(36)37)14(10-40-22(19)33)11-41-26-31-27-12-42-26/h1-8,12,19,22H,9-11H2,(H,28,38)(H,29,39)(H,30,34)(H,36,37)/t19?,22-/m1/s1. The maximum absolute atomic E-state index is 13.0. The van der Waals surface area contributed by atoms with Crippen LogP contribution in [-0.4, -0.2) is 76.5 Å². The zero-order chi connectivity index (χ0) is 29.4. The summed E-state index contributed by atoms with van der Waals surface area (Å²) in [5.74, 6) is -1.44. The van der Waals surface area contributed by atoms with Crippen LogP contribution in [0.25, 0.3) is 11.0 Å². The van der Waals surface area contributed by atoms with E-state index >= 15 is 0 Å². The lowest BCUT2D eigenvalue weighted by Crippen LogP contribution is -2.70. The number of fused-ring (bicyclic) bond motifs is 2. The smallest absolute Gasteiger partial charge is 0.352 e. The minimum Gasteiger partial charge on any atom is -0.477 e. The molecule has 2 aliphatic rings. The maximum atomic E-state index is 13.0. The number of carbonyl (C=O) groups is 4. The van der Waals surface area contributed by atoms with Gasteiger partial charge in [-0.2, -0.15) is 0 Å². The van der Waals surface area contributed by atoms with E-state index in [4.69, 9.17) is 0 Å². The number of carboxylic acid groups (broad SMARTS) is 1. The summed E-state index contributed by atoms with van der Waals surface area (Å²) in [6, 6.07) is 11.8. The van der Waals surface area contributed by atoms with Gasteiger partial charge in [-0.05, 0) is 29.3 Å². The number of anilines is 1. The van der Waals surface area contributed by atoms with Crippen molar-refractivity contribution in [2.45, 2.75) is 22.2 Å². The summed E-state index contributed by atoms with van der Waals surface area (Å²) in [7, 11) is 0. The maximum Gasteiger partial charge on any atom is 0.352 e. The van der Waals surface area contributed by atoms with E-state index in [1.807, 2.05) is 0 Å². The third-order valence-corrected chi connectivity index (χ3v) is 9.97. The Morgan fingerprint density at radius 2 is 1.90 bits per heavy atom. The molecule has 0 aliphatic carbocycles. The molecule has 42 heavy (non-hydrogen) atoms. The average Bonchev–Trinajstić information content (AvgIpc) is 3.62. The first-order chi connectivity index (χ1) is 20.3. The molecule has 2 aromatic carbocycles. The Balaban J connectivity index is 1.13. The van der Waals surface area contributed by atoms with E-state index < -0.39 is 40.9 Å². The van der Waals surface area contributed by atoms with Crippen LogP contribution in [0, 0.1) is 0 Å². The highest BCUT2D eigenvalue weighted by Crippen LogP contribution is 2.41. The second kappa shape index (κ2) is 11.5. The van der Waals surface area contributed by atoms with E-state index in [1.54, 1.807) is 54.0 Å². The van der Waals surface area contributed by atoms with Gasteiger partial charge >= 0.3 is 17.7 Å². The van der Waals surface area contributed by atoms with Crippen molar-refractivity contribution in [3.63, 3.8) is 0 Å². The normalized spacial score (nSPS) is 18.0. The molecule has 0 spiro atoms. The highest BCUT2D eigenvalue weighted by molar-refractivity contribution is 8.01. The first-order valence-corrected chi connectivity index (χ1v) is 15.4. The van der Waals surface area contributed by atoms with Gasteiger partial charge < -0.3 is 20.7 Å². The largest absolute Gasteiger partial charge is 0.477 e. The van der Waals surface area contributed by atoms with Crippen molar-refractivity contribution in [3.8, 4) is 0 Å². The lowest BCUT2D eigenvalue weighted by molar-refractivity contribution is -0.150. The van der Waals surface area contributed by atoms with Crippen LogP contribution in [0.4, 0.5) is 10.5 Å². The number of hydrogen-bond donors (Lipinski definition) is 4. The van der Waals surface area contributed by atoms with E-state index in [1.165, 1.54) is 39.8 Å². The molecular formula is C26H21N7O6S3. The number of aromatic amines is 1. The van der Waals surface area contributed by atoms with Crippen LogP contribution in [0.3, 0.4) is 0 Å². The van der Waals surface area contributed by atoms with Gasteiger partial charge in [-0.3, -0.25) is 14.5 Å². The fraction of sp³-hybridized carbons (Fsp3) is 0.192. The molecule has 1 fully saturated rings. The monoisotopic (exact) mass is 623 g/mol. The van der Waals surface area contributed by atoms with Gasteiger partial charge in [-0.25, -0.2) is 19.0 Å². The first kappa shape index (κ1) is 27.7. The van der Waals surface area contributed by atoms with Gasteiger partial charge in [-0.1, -0.05) is 53.4 Å². The summed E-state index contributed by atoms with van der Waals surface area (Å²) in [6.45, 7) is 0. The summed E-state index contributed by atoms with van der Waals surface area (Å²) in [4.78, 5) is 67.5. The summed E-state index contributed by atoms with van der Waals surface area (Å²) in [5.41, 5.74) is 3.24. The van der Waals surface area contributed by atoms with Crippen molar-refractivity contribution in [2.75, 3.05) is 16.8 Å². The second-order valence-electron chi connectivity index (χ2n) is 9.25. The molecular weight excluding hydrogens is 603 g/mol. The molecule has 4 heterocycles. The Morgan fingerprint density at radius 1 is 1.12 bits per heavy atom. The van der Waals surface area contributed by atoms with Crippen LogP contribution in [-0.2, 0) is 20.8 Å². The second-order valence-corrected chi connectivity index (χ2v) is 12.4. The molecule has 0 saturated carbocycles. The highest BCUT2D eigenvalue weighted by Gasteiger charge is 2.54. The van der Waals surface area contributed by atoms with Crippen LogP contribution in [0.5, 0.6) is 0 Å². The number of hydrogen-bond acceptors (Lipinski definition) is 10. The third-order valence-electron chi connectivity index (χ3n) is 6.68. The first-order valence-electron chi connectivity index (χ1n) is 12.5. The van der Waals surface area contributed by atoms with Crippen LogP contribution >= 0.6 is 34.9 Å². The lowest BCUT2D eigenvalue weighted by Gasteiger charge is -2.49. The number of nitrogens with zero attached hydrogens (tertiary/aromatic N) is 4. The van der Waals surface area contributed by atoms with Crippen molar-refractivity contribution >= 4 is 75.4 Å². The van der Waals surface area contributed by atoms with Gasteiger partial charge in [0.05, 0.1) is 17.5 Å². The number of amides is 3. The molecule has 4 aromatic rings. The molecule has 4 N–H and O–H groups in total. The van der Waals surface area contributed by atoms with E-state index in [-0.39, 0.29) is 12.1 Å². The van der Waals surface area contributed by atoms with Gasteiger partial charge in [0.1, 0.15) is 22.6 Å². The van der Waals surface area contributed by atoms with E-state index in [0.29, 0.717) is 43.7 Å². The van der Waals surface area contributed by atoms with Gasteiger partial charge in [-0.15, -0.1) is 22.0 Å². The molecule has 6 rings (SSSR count). The van der Waals surface area contributed by atoms with Gasteiger partial charge in [0.25, 0.3) is 5.91 Å². The molecule has 2 aliphatic heterocycles. The topological polar surface area (TPSA) is 179 Å². The third kappa shape index (κ3) is 5.19. The Hall–Kier alpha value is -4.41. The van der Waals surface area contributed by atoms with E-state index in [9.17, 15) is 29.1 Å². The molecule has 2 atom stereocenters. The molecule has 214 valence electrons. The number of aliphatic carboxylic acids is 1. The van der Waals surface area contributed by atoms with Crippen molar-refractivity contribution < 1.29 is 24.3 Å². The molecule has 3 amide bonds. The molecule has 1 saturated heterocycles. The Kier molecular flexibility index (Phi) is 7.57. The molecule has 0 radical (unpaired) electrons. The molecule has 16 heteroatoms. The minimum absolute atomic E-state index is 0.0631. The van der Waals surface area contributed by atoms with Crippen molar-refractivity contribution in [1.29, 1.82) is 0 Å². The SMILES string of the molecule is O=C(Cc1ccccc1NC(=O)n1c(=O)[nH]c2ccccc21)NC1C(=O)N2C(C(=O)O)=C(CSc3nncs3)CS[C@H]12. The van der Waals surface area contributed by atoms with E-state index in [2.05, 4.69) is 25.8 Å². The summed E-state index contributed by atoms with van der Waals surface area (Å²) in [5, 5.41) is 22.5. The number of carbonyl (C=O) groups excluding carboxylic acids is 3. The van der Waals surface area contributed by atoms with Gasteiger partial charge in [0, 0.05) is 17.2 Å². The Labute approximate surface area is 249 Å². The number of benzene rings is 2. The number of H-pyrrole nitrogens is 1. The quantitative estimate of drug-likeness (QED) is 0.168. The number of nitrogens with one attached hydrogen (secondary N) is 3. The molecule has 0 bridgehead atoms. The van der Waals surface area contributed by atoms with Crippen molar-refractivity contribution in [1.82, 2.24) is 30.0 Å². The zero-order valence-electron chi connectivity index (χ0n) is 21.5. The predicted molar refractivity (Wildman–Crippen MR) is 157 cm³/mol. The predicted octanol–water partition coefficient (Wildman–Crippen LogP) is 2.33. The number of rotatable bonds is 8. The molecule has 1 unspecified atom stereocenters. The van der Waals surface area contributed by atoms with Crippen LogP contribution < -0.4 is 16.3 Å². The lowest BCUT2D eigenvalue weighted by atomic mass is 10.0. The minimum atomic E-state index is -1.20. The Bertz CT molecular complexity index is 1820. The van der Waals surface area contributed by atoms with Crippen LogP contribution in [0.2, 0.25) is 0 Å². The highest BCUT2D eigenvalue weighted by atomic mass is 32.2. The number of β-lactam (4-membered cyclic amide) rings is 1. The van der Waals surface area contributed by atoms with Crippen molar-refractivity contribution in [2.24, 2.45) is 0 Å². The number of carboxylic acids is 1. The van der Waals surface area contributed by atoms with Gasteiger partial charge in [0.15, 0.2) is 4.34 Å². The number of para-hydroxylation sites is 3. The number of imidazole rings is 1.